The molecule has 2 atom stereocenters. The topological polar surface area (TPSA) is 92.8 Å². The molecule has 1 aromatic heterocycles. The first-order valence-corrected chi connectivity index (χ1v) is 12.3. The average molecular weight is 487 g/mol. The molecule has 8 nitrogen and oxygen atoms in total. The normalized spacial score (nSPS) is 19.7. The van der Waals surface area contributed by atoms with Crippen molar-refractivity contribution in [2.75, 3.05) is 37.4 Å². The first-order valence-electron chi connectivity index (χ1n) is 12.3. The summed E-state index contributed by atoms with van der Waals surface area (Å²) in [5, 5.41) is 6.03. The highest BCUT2D eigenvalue weighted by molar-refractivity contribution is 5.93. The number of hydrogen-bond donors (Lipinski definition) is 2. The smallest absolute Gasteiger partial charge is 0.321 e. The van der Waals surface area contributed by atoms with Gasteiger partial charge in [0, 0.05) is 49.2 Å². The summed E-state index contributed by atoms with van der Waals surface area (Å²) in [5.74, 6) is 1.68. The van der Waals surface area contributed by atoms with Crippen LogP contribution in [0.2, 0.25) is 0 Å². The number of ether oxygens (including phenoxy) is 2. The zero-order valence-electron chi connectivity index (χ0n) is 20.3. The predicted octanol–water partition coefficient (Wildman–Crippen LogP) is 5.04. The number of nitrogens with zero attached hydrogens (tertiary/aromatic N) is 2. The molecule has 0 radical (unpaired) electrons. The van der Waals surface area contributed by atoms with Crippen molar-refractivity contribution in [1.29, 1.82) is 0 Å². The molecule has 36 heavy (non-hydrogen) atoms. The predicted molar refractivity (Wildman–Crippen MR) is 138 cm³/mol. The van der Waals surface area contributed by atoms with Gasteiger partial charge in [-0.3, -0.25) is 9.78 Å². The molecular weight excluding hydrogens is 456 g/mol. The summed E-state index contributed by atoms with van der Waals surface area (Å²) in [6.07, 6.45) is 5.50. The van der Waals surface area contributed by atoms with Gasteiger partial charge in [0.25, 0.3) is 0 Å². The van der Waals surface area contributed by atoms with Gasteiger partial charge >= 0.3 is 6.03 Å². The van der Waals surface area contributed by atoms with E-state index in [9.17, 15) is 9.59 Å². The SMILES string of the molecule is COc1cccc(NC(=O)N2CC[C@H]3CC(=O)Nc4cc(-c5cccnc5)ccc4OCC[C@H]3C2)c1. The number of amides is 3. The molecule has 0 unspecified atom stereocenters. The Balaban J connectivity index is 1.27. The molecule has 0 saturated carbocycles. The third-order valence-electron chi connectivity index (χ3n) is 6.94. The van der Waals surface area contributed by atoms with Crippen molar-refractivity contribution in [2.45, 2.75) is 19.3 Å². The number of hydrogen-bond acceptors (Lipinski definition) is 5. The van der Waals surface area contributed by atoms with Crippen LogP contribution in [0, 0.1) is 11.8 Å². The summed E-state index contributed by atoms with van der Waals surface area (Å²) in [7, 11) is 1.60. The Morgan fingerprint density at radius 2 is 2.03 bits per heavy atom. The largest absolute Gasteiger partial charge is 0.497 e. The second kappa shape index (κ2) is 10.7. The van der Waals surface area contributed by atoms with E-state index in [1.165, 1.54) is 0 Å². The minimum absolute atomic E-state index is 0.0330. The van der Waals surface area contributed by atoms with Crippen LogP contribution in [-0.2, 0) is 4.79 Å². The van der Waals surface area contributed by atoms with Crippen molar-refractivity contribution in [1.82, 2.24) is 9.88 Å². The van der Waals surface area contributed by atoms with E-state index in [-0.39, 0.29) is 23.8 Å². The fourth-order valence-electron chi connectivity index (χ4n) is 4.99. The maximum atomic E-state index is 13.0. The fraction of sp³-hybridized carbons (Fsp3) is 0.321. The zero-order valence-corrected chi connectivity index (χ0v) is 20.3. The van der Waals surface area contributed by atoms with Gasteiger partial charge in [-0.15, -0.1) is 0 Å². The first kappa shape index (κ1) is 23.7. The highest BCUT2D eigenvalue weighted by Crippen LogP contribution is 2.35. The summed E-state index contributed by atoms with van der Waals surface area (Å²) in [5.41, 5.74) is 3.31. The van der Waals surface area contributed by atoms with E-state index < -0.39 is 0 Å². The molecule has 3 heterocycles. The van der Waals surface area contributed by atoms with Crippen LogP contribution in [0.5, 0.6) is 11.5 Å². The van der Waals surface area contributed by atoms with Gasteiger partial charge < -0.3 is 25.0 Å². The summed E-state index contributed by atoms with van der Waals surface area (Å²) < 4.78 is 11.4. The van der Waals surface area contributed by atoms with Crippen LogP contribution >= 0.6 is 0 Å². The van der Waals surface area contributed by atoms with E-state index in [2.05, 4.69) is 15.6 Å². The molecule has 2 aliphatic heterocycles. The van der Waals surface area contributed by atoms with Crippen molar-refractivity contribution in [3.63, 3.8) is 0 Å². The number of methoxy groups -OCH3 is 1. The van der Waals surface area contributed by atoms with Crippen LogP contribution < -0.4 is 20.1 Å². The number of pyridine rings is 1. The van der Waals surface area contributed by atoms with E-state index >= 15 is 0 Å². The average Bonchev–Trinajstić information content (AvgIpc) is 2.90. The summed E-state index contributed by atoms with van der Waals surface area (Å²) in [6, 6.07) is 16.9. The molecule has 0 bridgehead atoms. The van der Waals surface area contributed by atoms with Gasteiger partial charge in [0.15, 0.2) is 0 Å². The lowest BCUT2D eigenvalue weighted by Gasteiger charge is -2.39. The molecule has 186 valence electrons. The van der Waals surface area contributed by atoms with Crippen LogP contribution in [0.25, 0.3) is 11.1 Å². The molecule has 2 aliphatic rings. The number of benzene rings is 2. The van der Waals surface area contributed by atoms with Crippen LogP contribution in [0.15, 0.2) is 67.0 Å². The number of piperidine rings is 1. The van der Waals surface area contributed by atoms with E-state index in [1.54, 1.807) is 25.6 Å². The van der Waals surface area contributed by atoms with E-state index in [1.807, 2.05) is 53.4 Å². The van der Waals surface area contributed by atoms with Crippen molar-refractivity contribution < 1.29 is 19.1 Å². The van der Waals surface area contributed by atoms with Crippen molar-refractivity contribution >= 4 is 23.3 Å². The Hall–Kier alpha value is -4.07. The molecule has 0 spiro atoms. The number of aromatic nitrogens is 1. The number of carbonyl (C=O) groups is 2. The number of carbonyl (C=O) groups excluding carboxylic acids is 2. The summed E-state index contributed by atoms with van der Waals surface area (Å²) >= 11 is 0. The zero-order chi connectivity index (χ0) is 24.9. The lowest BCUT2D eigenvalue weighted by molar-refractivity contribution is -0.118. The van der Waals surface area contributed by atoms with Gasteiger partial charge in [0.1, 0.15) is 11.5 Å². The van der Waals surface area contributed by atoms with Gasteiger partial charge in [-0.25, -0.2) is 4.79 Å². The minimum atomic E-state index is -0.141. The Bertz CT molecular complexity index is 1230. The monoisotopic (exact) mass is 486 g/mol. The highest BCUT2D eigenvalue weighted by atomic mass is 16.5. The molecule has 3 aromatic rings. The number of likely N-dealkylation sites (tertiary alicyclic amines) is 1. The van der Waals surface area contributed by atoms with Crippen LogP contribution in [0.1, 0.15) is 19.3 Å². The molecule has 2 aromatic carbocycles. The number of urea groups is 1. The standard InChI is InChI=1S/C28H30N4O4/c1-35-24-6-2-5-23(16-24)30-28(34)32-12-9-20-15-27(33)31-25-14-19(21-4-3-11-29-17-21)7-8-26(25)36-13-10-22(20)18-32/h2-8,11,14,16-17,20,22H,9-10,12-13,15,18H2,1H3,(H,30,34)(H,31,33)/t20-,22-/m0/s1. The second-order valence-corrected chi connectivity index (χ2v) is 9.26. The molecule has 2 N–H and O–H groups in total. The van der Waals surface area contributed by atoms with E-state index in [0.29, 0.717) is 49.0 Å². The molecule has 8 heteroatoms. The third kappa shape index (κ3) is 5.43. The molecule has 5 rings (SSSR count). The van der Waals surface area contributed by atoms with Crippen LogP contribution in [-0.4, -0.2) is 48.6 Å². The Morgan fingerprint density at radius 1 is 1.11 bits per heavy atom. The number of nitrogens with one attached hydrogen (secondary N) is 2. The Labute approximate surface area is 210 Å². The fourth-order valence-corrected chi connectivity index (χ4v) is 4.99. The molecule has 1 fully saturated rings. The van der Waals surface area contributed by atoms with Crippen molar-refractivity contribution in [3.05, 3.63) is 67.0 Å². The van der Waals surface area contributed by atoms with Crippen molar-refractivity contribution in [3.8, 4) is 22.6 Å². The molecular formula is C28H30N4O4. The Kier molecular flexibility index (Phi) is 7.02. The van der Waals surface area contributed by atoms with Crippen LogP contribution in [0.4, 0.5) is 16.2 Å². The van der Waals surface area contributed by atoms with Crippen molar-refractivity contribution in [2.24, 2.45) is 11.8 Å². The maximum Gasteiger partial charge on any atom is 0.321 e. The first-order chi connectivity index (χ1) is 17.6. The quantitative estimate of drug-likeness (QED) is 0.541. The third-order valence-corrected chi connectivity index (χ3v) is 6.94. The second-order valence-electron chi connectivity index (χ2n) is 9.26. The van der Waals surface area contributed by atoms with Gasteiger partial charge in [0.2, 0.25) is 5.91 Å². The number of rotatable bonds is 3. The maximum absolute atomic E-state index is 13.0. The number of anilines is 2. The molecule has 0 aliphatic carbocycles. The lowest BCUT2D eigenvalue weighted by atomic mass is 9.81. The minimum Gasteiger partial charge on any atom is -0.497 e. The van der Waals surface area contributed by atoms with Crippen LogP contribution in [0.3, 0.4) is 0 Å². The van der Waals surface area contributed by atoms with Gasteiger partial charge in [-0.1, -0.05) is 18.2 Å². The van der Waals surface area contributed by atoms with E-state index in [4.69, 9.17) is 9.47 Å². The summed E-state index contributed by atoms with van der Waals surface area (Å²) in [4.78, 5) is 32.0. The Morgan fingerprint density at radius 3 is 2.86 bits per heavy atom. The van der Waals surface area contributed by atoms with E-state index in [0.717, 1.165) is 24.0 Å². The van der Waals surface area contributed by atoms with Gasteiger partial charge in [-0.2, -0.15) is 0 Å². The summed E-state index contributed by atoms with van der Waals surface area (Å²) in [6.45, 7) is 1.71. The highest BCUT2D eigenvalue weighted by Gasteiger charge is 2.33. The molecule has 1 saturated heterocycles. The molecule has 3 amide bonds. The van der Waals surface area contributed by atoms with Gasteiger partial charge in [-0.05, 0) is 60.6 Å². The lowest BCUT2D eigenvalue weighted by Crippen LogP contribution is -2.46. The van der Waals surface area contributed by atoms with Gasteiger partial charge in [0.05, 0.1) is 19.4 Å². The number of fused-ring (bicyclic) bond motifs is 2.